The fraction of sp³-hybridized carbons (Fsp3) is 0.133. The minimum Gasteiger partial charge on any atom is -0.486 e. The molecule has 2 aromatic carbocycles. The number of hydrogen-bond donors (Lipinski definition) is 1. The molecule has 0 spiro atoms. The van der Waals surface area contributed by atoms with E-state index in [1.807, 2.05) is 0 Å². The summed E-state index contributed by atoms with van der Waals surface area (Å²) in [5.41, 5.74) is 0.489. The molecule has 2 aromatic rings. The third-order valence-electron chi connectivity index (χ3n) is 3.00. The first-order chi connectivity index (χ1) is 10.1. The molecular weight excluding hydrogens is 341 g/mol. The van der Waals surface area contributed by atoms with Crippen LogP contribution in [0.2, 0.25) is 0 Å². The lowest BCUT2D eigenvalue weighted by molar-refractivity contribution is 0.102. The maximum Gasteiger partial charge on any atom is 0.258 e. The van der Waals surface area contributed by atoms with Crippen LogP contribution in [0.1, 0.15) is 10.4 Å². The monoisotopic (exact) mass is 351 g/mol. The fourth-order valence-corrected chi connectivity index (χ4v) is 2.36. The van der Waals surface area contributed by atoms with Crippen molar-refractivity contribution in [3.8, 4) is 11.5 Å². The van der Waals surface area contributed by atoms with Crippen molar-refractivity contribution in [3.63, 3.8) is 0 Å². The number of fused-ring (bicyclic) bond motifs is 1. The molecule has 0 radical (unpaired) electrons. The second-order valence-corrected chi connectivity index (χ2v) is 5.27. The molecule has 1 aliphatic rings. The second kappa shape index (κ2) is 5.73. The van der Waals surface area contributed by atoms with Gasteiger partial charge in [-0.1, -0.05) is 6.07 Å². The van der Waals surface area contributed by atoms with Crippen LogP contribution in [0.25, 0.3) is 0 Å². The van der Waals surface area contributed by atoms with Crippen molar-refractivity contribution in [2.24, 2.45) is 0 Å². The van der Waals surface area contributed by atoms with Gasteiger partial charge >= 0.3 is 0 Å². The average molecular weight is 352 g/mol. The fourth-order valence-electron chi connectivity index (χ4n) is 2.00. The third kappa shape index (κ3) is 2.85. The molecule has 0 bridgehead atoms. The van der Waals surface area contributed by atoms with Crippen molar-refractivity contribution >= 4 is 27.5 Å². The topological polar surface area (TPSA) is 47.6 Å². The molecule has 4 nitrogen and oxygen atoms in total. The molecule has 3 rings (SSSR count). The molecule has 0 saturated heterocycles. The van der Waals surface area contributed by atoms with Crippen LogP contribution in [0.4, 0.5) is 10.1 Å². The smallest absolute Gasteiger partial charge is 0.258 e. The van der Waals surface area contributed by atoms with E-state index in [9.17, 15) is 9.18 Å². The lowest BCUT2D eigenvalue weighted by Gasteiger charge is -2.19. The third-order valence-corrected chi connectivity index (χ3v) is 3.61. The highest BCUT2D eigenvalue weighted by molar-refractivity contribution is 9.10. The zero-order chi connectivity index (χ0) is 14.8. The predicted molar refractivity (Wildman–Crippen MR) is 79.5 cm³/mol. The van der Waals surface area contributed by atoms with Crippen LogP contribution in [-0.4, -0.2) is 19.1 Å². The summed E-state index contributed by atoms with van der Waals surface area (Å²) in [7, 11) is 0. The lowest BCUT2D eigenvalue weighted by Crippen LogP contribution is -2.17. The minimum atomic E-state index is -0.590. The highest BCUT2D eigenvalue weighted by atomic mass is 79.9. The van der Waals surface area contributed by atoms with Crippen molar-refractivity contribution in [2.45, 2.75) is 0 Å². The van der Waals surface area contributed by atoms with Gasteiger partial charge in [0.2, 0.25) is 0 Å². The molecule has 1 aliphatic heterocycles. The van der Waals surface area contributed by atoms with Crippen molar-refractivity contribution in [1.29, 1.82) is 0 Å². The molecule has 0 saturated carbocycles. The maximum absolute atomic E-state index is 13.9. The second-order valence-electron chi connectivity index (χ2n) is 4.41. The number of amides is 1. The van der Waals surface area contributed by atoms with Crippen molar-refractivity contribution in [2.75, 3.05) is 18.5 Å². The number of nitrogens with one attached hydrogen (secondary N) is 1. The Kier molecular flexibility index (Phi) is 3.79. The first-order valence-electron chi connectivity index (χ1n) is 6.30. The van der Waals surface area contributed by atoms with Gasteiger partial charge in [0, 0.05) is 11.8 Å². The first-order valence-corrected chi connectivity index (χ1v) is 7.09. The van der Waals surface area contributed by atoms with Gasteiger partial charge in [-0.05, 0) is 40.2 Å². The van der Waals surface area contributed by atoms with Crippen LogP contribution < -0.4 is 14.8 Å². The molecule has 21 heavy (non-hydrogen) atoms. The number of carbonyl (C=O) groups excluding carboxylic acids is 1. The summed E-state index contributed by atoms with van der Waals surface area (Å²) in [6.45, 7) is 0.965. The van der Waals surface area contributed by atoms with Gasteiger partial charge in [-0.3, -0.25) is 4.79 Å². The van der Waals surface area contributed by atoms with Gasteiger partial charge in [0.25, 0.3) is 5.91 Å². The van der Waals surface area contributed by atoms with Gasteiger partial charge in [-0.25, -0.2) is 4.39 Å². The molecular formula is C15H11BrFNO3. The number of halogens is 2. The SMILES string of the molecule is O=C(Nc1ccc2c(c1)OCCO2)c1cccc(Br)c1F. The predicted octanol–water partition coefficient (Wildman–Crippen LogP) is 3.61. The Hall–Kier alpha value is -2.08. The van der Waals surface area contributed by atoms with E-state index < -0.39 is 11.7 Å². The van der Waals surface area contributed by atoms with Gasteiger partial charge in [0.1, 0.15) is 19.0 Å². The number of anilines is 1. The zero-order valence-electron chi connectivity index (χ0n) is 10.9. The van der Waals surface area contributed by atoms with Crippen molar-refractivity contribution in [1.82, 2.24) is 0 Å². The Morgan fingerprint density at radius 2 is 1.90 bits per heavy atom. The minimum absolute atomic E-state index is 0.0285. The van der Waals surface area contributed by atoms with E-state index in [0.29, 0.717) is 30.4 Å². The summed E-state index contributed by atoms with van der Waals surface area (Å²) in [6.07, 6.45) is 0. The summed E-state index contributed by atoms with van der Waals surface area (Å²) >= 11 is 3.06. The normalized spacial score (nSPS) is 12.9. The van der Waals surface area contributed by atoms with Gasteiger partial charge in [-0.2, -0.15) is 0 Å². The van der Waals surface area contributed by atoms with E-state index in [1.54, 1.807) is 24.3 Å². The van der Waals surface area contributed by atoms with E-state index in [4.69, 9.17) is 9.47 Å². The Morgan fingerprint density at radius 3 is 2.71 bits per heavy atom. The molecule has 0 aliphatic carbocycles. The Bertz CT molecular complexity index is 705. The van der Waals surface area contributed by atoms with Crippen LogP contribution in [0, 0.1) is 5.82 Å². The summed E-state index contributed by atoms with van der Waals surface area (Å²) in [6, 6.07) is 9.61. The Balaban J connectivity index is 1.83. The van der Waals surface area contributed by atoms with Crippen LogP contribution >= 0.6 is 15.9 Å². The number of ether oxygens (including phenoxy) is 2. The highest BCUT2D eigenvalue weighted by Crippen LogP contribution is 2.32. The quantitative estimate of drug-likeness (QED) is 0.898. The van der Waals surface area contributed by atoms with Gasteiger partial charge in [0.15, 0.2) is 11.5 Å². The lowest BCUT2D eigenvalue weighted by atomic mass is 10.2. The number of benzene rings is 2. The summed E-state index contributed by atoms with van der Waals surface area (Å²) in [4.78, 5) is 12.1. The van der Waals surface area contributed by atoms with E-state index in [2.05, 4.69) is 21.2 Å². The summed E-state index contributed by atoms with van der Waals surface area (Å²) < 4.78 is 25.0. The molecule has 6 heteroatoms. The van der Waals surface area contributed by atoms with E-state index in [0.717, 1.165) is 0 Å². The van der Waals surface area contributed by atoms with Gasteiger partial charge in [-0.15, -0.1) is 0 Å². The first kappa shape index (κ1) is 13.9. The average Bonchev–Trinajstić information content (AvgIpc) is 2.50. The molecule has 1 N–H and O–H groups in total. The molecule has 108 valence electrons. The number of carbonyl (C=O) groups is 1. The van der Waals surface area contributed by atoms with Crippen LogP contribution in [0.15, 0.2) is 40.9 Å². The maximum atomic E-state index is 13.9. The number of rotatable bonds is 2. The van der Waals surface area contributed by atoms with Crippen molar-refractivity contribution < 1.29 is 18.7 Å². The van der Waals surface area contributed by atoms with Crippen LogP contribution in [-0.2, 0) is 0 Å². The zero-order valence-corrected chi connectivity index (χ0v) is 12.4. The van der Waals surface area contributed by atoms with Crippen LogP contribution in [0.3, 0.4) is 0 Å². The molecule has 0 unspecified atom stereocenters. The summed E-state index contributed by atoms with van der Waals surface area (Å²) in [5, 5.41) is 2.64. The molecule has 0 fully saturated rings. The van der Waals surface area contributed by atoms with E-state index in [1.165, 1.54) is 12.1 Å². The van der Waals surface area contributed by atoms with E-state index >= 15 is 0 Å². The Labute approximate surface area is 129 Å². The van der Waals surface area contributed by atoms with Gasteiger partial charge in [0.05, 0.1) is 10.0 Å². The molecule has 1 heterocycles. The molecule has 0 atom stereocenters. The van der Waals surface area contributed by atoms with Crippen molar-refractivity contribution in [3.05, 3.63) is 52.3 Å². The number of hydrogen-bond acceptors (Lipinski definition) is 3. The summed E-state index contributed by atoms with van der Waals surface area (Å²) in [5.74, 6) is 0.0830. The van der Waals surface area contributed by atoms with Crippen LogP contribution in [0.5, 0.6) is 11.5 Å². The van der Waals surface area contributed by atoms with E-state index in [-0.39, 0.29) is 10.0 Å². The highest BCUT2D eigenvalue weighted by Gasteiger charge is 2.16. The standard InChI is InChI=1S/C15H11BrFNO3/c16-11-3-1-2-10(14(11)17)15(19)18-9-4-5-12-13(8-9)21-7-6-20-12/h1-5,8H,6-7H2,(H,18,19). The Morgan fingerprint density at radius 1 is 1.14 bits per heavy atom. The molecule has 0 aromatic heterocycles. The largest absolute Gasteiger partial charge is 0.486 e. The molecule has 1 amide bonds. The van der Waals surface area contributed by atoms with Gasteiger partial charge < -0.3 is 14.8 Å².